The van der Waals surface area contributed by atoms with Gasteiger partial charge in [-0.25, -0.2) is 0 Å². The minimum atomic E-state index is 0.495. The third kappa shape index (κ3) is 1.98. The molecule has 2 aliphatic rings. The van der Waals surface area contributed by atoms with E-state index < -0.39 is 0 Å². The van der Waals surface area contributed by atoms with Crippen LogP contribution in [-0.4, -0.2) is 0 Å². The third-order valence-electron chi connectivity index (χ3n) is 6.06. The van der Waals surface area contributed by atoms with E-state index in [9.17, 15) is 0 Å². The van der Waals surface area contributed by atoms with Crippen LogP contribution in [0.4, 0.5) is 0 Å². The Balaban J connectivity index is 2.37. The molecule has 2 rings (SSSR count). The highest BCUT2D eigenvalue weighted by molar-refractivity contribution is 5.25. The van der Waals surface area contributed by atoms with Crippen molar-refractivity contribution < 1.29 is 0 Å². The second-order valence-corrected chi connectivity index (χ2v) is 7.19. The van der Waals surface area contributed by atoms with Gasteiger partial charge < -0.3 is 0 Å². The Morgan fingerprint density at radius 3 is 2.47 bits per heavy atom. The summed E-state index contributed by atoms with van der Waals surface area (Å²) < 4.78 is 0. The summed E-state index contributed by atoms with van der Waals surface area (Å²) in [6, 6.07) is 0. The first-order valence-corrected chi connectivity index (χ1v) is 7.66. The lowest BCUT2D eigenvalue weighted by atomic mass is 9.52. The highest BCUT2D eigenvalue weighted by Crippen LogP contribution is 2.58. The number of hydrogen-bond donors (Lipinski definition) is 0. The molecule has 0 spiro atoms. The maximum Gasteiger partial charge on any atom is -0.00879 e. The number of allylic oxidation sites excluding steroid dienone is 2. The maximum atomic E-state index is 2.61. The molecule has 0 amide bonds. The summed E-state index contributed by atoms with van der Waals surface area (Å²) in [5, 5.41) is 0. The van der Waals surface area contributed by atoms with E-state index in [1.807, 2.05) is 5.57 Å². The summed E-state index contributed by atoms with van der Waals surface area (Å²) in [7, 11) is 0. The van der Waals surface area contributed by atoms with Gasteiger partial charge in [-0.05, 0) is 54.8 Å². The molecule has 1 saturated carbocycles. The average molecular weight is 234 g/mol. The first-order valence-electron chi connectivity index (χ1n) is 7.66. The lowest BCUT2D eigenvalue weighted by Gasteiger charge is -2.53. The lowest BCUT2D eigenvalue weighted by molar-refractivity contribution is 0.0739. The Morgan fingerprint density at radius 2 is 1.88 bits per heavy atom. The van der Waals surface area contributed by atoms with Gasteiger partial charge in [-0.3, -0.25) is 0 Å². The second kappa shape index (κ2) is 4.44. The van der Waals surface area contributed by atoms with Crippen molar-refractivity contribution in [2.75, 3.05) is 0 Å². The summed E-state index contributed by atoms with van der Waals surface area (Å²) in [5.41, 5.74) is 2.86. The van der Waals surface area contributed by atoms with Crippen LogP contribution < -0.4 is 0 Å². The van der Waals surface area contributed by atoms with Gasteiger partial charge in [-0.15, -0.1) is 0 Å². The molecule has 0 N–H and O–H groups in total. The molecule has 3 atom stereocenters. The van der Waals surface area contributed by atoms with Crippen molar-refractivity contribution in [1.82, 2.24) is 0 Å². The van der Waals surface area contributed by atoms with Crippen molar-refractivity contribution in [2.24, 2.45) is 22.7 Å². The zero-order chi connectivity index (χ0) is 12.7. The molecule has 0 radical (unpaired) electrons. The zero-order valence-electron chi connectivity index (χ0n) is 12.5. The lowest BCUT2D eigenvalue weighted by Crippen LogP contribution is -2.43. The van der Waals surface area contributed by atoms with Gasteiger partial charge in [0, 0.05) is 0 Å². The highest BCUT2D eigenvalue weighted by Gasteiger charge is 2.47. The van der Waals surface area contributed by atoms with Gasteiger partial charge in [0.05, 0.1) is 0 Å². The van der Waals surface area contributed by atoms with Gasteiger partial charge in [-0.1, -0.05) is 52.7 Å². The topological polar surface area (TPSA) is 0 Å². The van der Waals surface area contributed by atoms with Gasteiger partial charge in [0.15, 0.2) is 0 Å². The van der Waals surface area contributed by atoms with Crippen LogP contribution in [0, 0.1) is 22.7 Å². The summed E-state index contributed by atoms with van der Waals surface area (Å²) in [4.78, 5) is 0. The molecule has 3 unspecified atom stereocenters. The normalized spacial score (nSPS) is 40.6. The molecule has 0 saturated heterocycles. The van der Waals surface area contributed by atoms with E-state index in [1.54, 1.807) is 0 Å². The molecule has 1 fully saturated rings. The molecule has 0 bridgehead atoms. The Kier molecular flexibility index (Phi) is 3.45. The van der Waals surface area contributed by atoms with E-state index >= 15 is 0 Å². The van der Waals surface area contributed by atoms with Gasteiger partial charge in [0.1, 0.15) is 0 Å². The van der Waals surface area contributed by atoms with Crippen LogP contribution in [0.5, 0.6) is 0 Å². The van der Waals surface area contributed by atoms with Crippen LogP contribution >= 0.6 is 0 Å². The maximum absolute atomic E-state index is 2.61. The highest BCUT2D eigenvalue weighted by atomic mass is 14.5. The van der Waals surface area contributed by atoms with Gasteiger partial charge >= 0.3 is 0 Å². The standard InChI is InChI=1S/C17H30/c1-6-13-10-11-14-15(17(13,5)7-2)9-8-12-16(14,3)4/h9,13-14H,6-8,10-12H2,1-5H3. The second-order valence-electron chi connectivity index (χ2n) is 7.19. The zero-order valence-corrected chi connectivity index (χ0v) is 12.5. The largest absolute Gasteiger partial charge is 0.0844 e. The molecule has 0 aromatic rings. The van der Waals surface area contributed by atoms with Crippen molar-refractivity contribution in [3.05, 3.63) is 11.6 Å². The Labute approximate surface area is 108 Å². The predicted octanol–water partition coefficient (Wildman–Crippen LogP) is 5.59. The van der Waals surface area contributed by atoms with Gasteiger partial charge in [-0.2, -0.15) is 0 Å². The van der Waals surface area contributed by atoms with E-state index in [1.165, 1.54) is 38.5 Å². The molecule has 0 heteroatoms. The van der Waals surface area contributed by atoms with E-state index in [2.05, 4.69) is 40.7 Å². The molecule has 17 heavy (non-hydrogen) atoms. The smallest absolute Gasteiger partial charge is 0.00879 e. The van der Waals surface area contributed by atoms with E-state index in [0.717, 1.165) is 11.8 Å². The van der Waals surface area contributed by atoms with Crippen molar-refractivity contribution in [2.45, 2.75) is 73.1 Å². The Bertz CT molecular complexity index is 310. The monoisotopic (exact) mass is 234 g/mol. The molecule has 0 aromatic heterocycles. The SMILES string of the molecule is CCC1CCC2C(=CCCC2(C)C)C1(C)CC. The van der Waals surface area contributed by atoms with Crippen LogP contribution in [-0.2, 0) is 0 Å². The molecular formula is C17H30. The fraction of sp³-hybridized carbons (Fsp3) is 0.882. The molecule has 0 nitrogen and oxygen atoms in total. The first kappa shape index (κ1) is 13.2. The fourth-order valence-corrected chi connectivity index (χ4v) is 4.58. The summed E-state index contributed by atoms with van der Waals surface area (Å²) in [5.74, 6) is 1.79. The van der Waals surface area contributed by atoms with Crippen molar-refractivity contribution in [1.29, 1.82) is 0 Å². The Morgan fingerprint density at radius 1 is 1.18 bits per heavy atom. The quantitative estimate of drug-likeness (QED) is 0.547. The average Bonchev–Trinajstić information content (AvgIpc) is 2.30. The third-order valence-corrected chi connectivity index (χ3v) is 6.06. The fourth-order valence-electron chi connectivity index (χ4n) is 4.58. The van der Waals surface area contributed by atoms with Crippen LogP contribution in [0.25, 0.3) is 0 Å². The molecular weight excluding hydrogens is 204 g/mol. The van der Waals surface area contributed by atoms with Crippen molar-refractivity contribution in [3.63, 3.8) is 0 Å². The number of fused-ring (bicyclic) bond motifs is 1. The van der Waals surface area contributed by atoms with E-state index in [0.29, 0.717) is 10.8 Å². The van der Waals surface area contributed by atoms with Crippen molar-refractivity contribution in [3.8, 4) is 0 Å². The predicted molar refractivity (Wildman–Crippen MR) is 76.0 cm³/mol. The summed E-state index contributed by atoms with van der Waals surface area (Å²) in [6.45, 7) is 12.3. The van der Waals surface area contributed by atoms with Crippen LogP contribution in [0.2, 0.25) is 0 Å². The van der Waals surface area contributed by atoms with Crippen molar-refractivity contribution >= 4 is 0 Å². The van der Waals surface area contributed by atoms with Gasteiger partial charge in [0.2, 0.25) is 0 Å². The molecule has 98 valence electrons. The molecule has 0 heterocycles. The molecule has 2 aliphatic carbocycles. The Hall–Kier alpha value is -0.260. The first-order chi connectivity index (χ1) is 7.95. The van der Waals surface area contributed by atoms with Crippen LogP contribution in [0.1, 0.15) is 73.1 Å². The van der Waals surface area contributed by atoms with Gasteiger partial charge in [0.25, 0.3) is 0 Å². The van der Waals surface area contributed by atoms with E-state index in [-0.39, 0.29) is 0 Å². The summed E-state index contributed by atoms with van der Waals surface area (Å²) >= 11 is 0. The van der Waals surface area contributed by atoms with E-state index in [4.69, 9.17) is 0 Å². The molecule has 0 aliphatic heterocycles. The number of rotatable bonds is 2. The minimum absolute atomic E-state index is 0.495. The van der Waals surface area contributed by atoms with Crippen LogP contribution in [0.3, 0.4) is 0 Å². The van der Waals surface area contributed by atoms with Crippen LogP contribution in [0.15, 0.2) is 11.6 Å². The summed E-state index contributed by atoms with van der Waals surface area (Å²) in [6.07, 6.45) is 10.9. The minimum Gasteiger partial charge on any atom is -0.0844 e. The number of hydrogen-bond acceptors (Lipinski definition) is 0. The molecule has 0 aromatic carbocycles.